The van der Waals surface area contributed by atoms with Crippen LogP contribution >= 0.6 is 0 Å². The van der Waals surface area contributed by atoms with Crippen LogP contribution in [0.2, 0.25) is 0 Å². The van der Waals surface area contributed by atoms with Crippen LogP contribution in [0.15, 0.2) is 77.7 Å². The molecule has 1 aliphatic rings. The molecule has 0 spiro atoms. The molecule has 1 N–H and O–H groups in total. The van der Waals surface area contributed by atoms with Crippen molar-refractivity contribution in [3.05, 3.63) is 95.1 Å². The predicted molar refractivity (Wildman–Crippen MR) is 143 cm³/mol. The average molecular weight is 521 g/mol. The van der Waals surface area contributed by atoms with E-state index in [1.807, 2.05) is 56.3 Å². The van der Waals surface area contributed by atoms with Crippen LogP contribution in [0.1, 0.15) is 48.6 Å². The number of ether oxygens (including phenoxy) is 1. The van der Waals surface area contributed by atoms with E-state index in [1.165, 1.54) is 4.31 Å². The van der Waals surface area contributed by atoms with E-state index in [0.717, 1.165) is 40.8 Å². The number of nitrogens with one attached hydrogen (secondary N) is 1. The number of carbonyl (C=O) groups excluding carboxylic acids is 2. The largest absolute Gasteiger partial charge is 0.456 e. The number of para-hydroxylation sites is 1. The average Bonchev–Trinajstić information content (AvgIpc) is 2.92. The molecule has 1 atom stereocenters. The molecular weight excluding hydrogens is 488 g/mol. The highest BCUT2D eigenvalue weighted by Gasteiger charge is 2.37. The lowest BCUT2D eigenvalue weighted by atomic mass is 9.92. The van der Waals surface area contributed by atoms with Crippen molar-refractivity contribution in [1.82, 2.24) is 4.31 Å². The maximum Gasteiger partial charge on any atom is 0.308 e. The fraction of sp³-hybridized carbons (Fsp3) is 0.310. The van der Waals surface area contributed by atoms with Crippen LogP contribution in [0.5, 0.6) is 0 Å². The van der Waals surface area contributed by atoms with E-state index in [2.05, 4.69) is 5.32 Å². The second-order valence-electron chi connectivity index (χ2n) is 8.96. The van der Waals surface area contributed by atoms with Gasteiger partial charge in [-0.3, -0.25) is 9.59 Å². The maximum atomic E-state index is 13.5. The molecule has 0 fully saturated rings. The zero-order chi connectivity index (χ0) is 26.4. The Bertz CT molecular complexity index is 1350. The van der Waals surface area contributed by atoms with Gasteiger partial charge < -0.3 is 10.1 Å². The number of hydrogen-bond donors (Lipinski definition) is 1. The van der Waals surface area contributed by atoms with Gasteiger partial charge in [0.05, 0.1) is 17.4 Å². The summed E-state index contributed by atoms with van der Waals surface area (Å²) in [6.07, 6.45) is 1.88. The molecule has 194 valence electrons. The quantitative estimate of drug-likeness (QED) is 0.414. The van der Waals surface area contributed by atoms with Crippen molar-refractivity contribution >= 4 is 27.6 Å². The fourth-order valence-electron chi connectivity index (χ4n) is 4.80. The van der Waals surface area contributed by atoms with Crippen molar-refractivity contribution in [3.63, 3.8) is 0 Å². The number of amides is 1. The number of esters is 1. The topological polar surface area (TPSA) is 92.8 Å². The van der Waals surface area contributed by atoms with E-state index < -0.39 is 34.5 Å². The summed E-state index contributed by atoms with van der Waals surface area (Å²) < 4.78 is 33.7. The first kappa shape index (κ1) is 26.6. The number of sulfonamides is 1. The van der Waals surface area contributed by atoms with Crippen LogP contribution in [0.4, 0.5) is 5.69 Å². The Morgan fingerprint density at radius 2 is 1.57 bits per heavy atom. The van der Waals surface area contributed by atoms with Gasteiger partial charge in [-0.15, -0.1) is 0 Å². The minimum absolute atomic E-state index is 0.174. The number of hydrogen-bond acceptors (Lipinski definition) is 5. The van der Waals surface area contributed by atoms with E-state index in [9.17, 15) is 18.0 Å². The third-order valence-electron chi connectivity index (χ3n) is 6.70. The molecule has 4 rings (SSSR count). The number of nitrogens with zero attached hydrogens (tertiary/aromatic N) is 1. The van der Waals surface area contributed by atoms with Crippen molar-refractivity contribution < 1.29 is 22.7 Å². The Hall–Kier alpha value is -3.49. The summed E-state index contributed by atoms with van der Waals surface area (Å²) >= 11 is 0. The molecule has 37 heavy (non-hydrogen) atoms. The molecule has 0 saturated carbocycles. The van der Waals surface area contributed by atoms with E-state index in [-0.39, 0.29) is 17.9 Å². The van der Waals surface area contributed by atoms with E-state index in [0.29, 0.717) is 6.42 Å². The Morgan fingerprint density at radius 1 is 0.919 bits per heavy atom. The van der Waals surface area contributed by atoms with E-state index in [1.54, 1.807) is 30.3 Å². The summed E-state index contributed by atoms with van der Waals surface area (Å²) in [7, 11) is -3.84. The van der Waals surface area contributed by atoms with E-state index in [4.69, 9.17) is 4.74 Å². The maximum absolute atomic E-state index is 13.5. The smallest absolute Gasteiger partial charge is 0.308 e. The van der Waals surface area contributed by atoms with Gasteiger partial charge in [0, 0.05) is 12.2 Å². The SMILES string of the molecule is CCc1cccc(CC)c1NC(=O)COC(=O)C[C@@H]1c2ccccc2CCN1S(=O)(=O)c1ccccc1. The zero-order valence-electron chi connectivity index (χ0n) is 21.1. The van der Waals surface area contributed by atoms with Crippen LogP contribution in [-0.4, -0.2) is 37.8 Å². The molecule has 8 heteroatoms. The Kier molecular flexibility index (Phi) is 8.41. The third-order valence-corrected chi connectivity index (χ3v) is 8.62. The summed E-state index contributed by atoms with van der Waals surface area (Å²) in [6.45, 7) is 3.84. The van der Waals surface area contributed by atoms with Crippen LogP contribution in [0.3, 0.4) is 0 Å². The number of anilines is 1. The number of benzene rings is 3. The summed E-state index contributed by atoms with van der Waals surface area (Å²) in [5, 5.41) is 2.89. The molecule has 7 nitrogen and oxygen atoms in total. The van der Waals surface area contributed by atoms with Crippen molar-refractivity contribution in [2.75, 3.05) is 18.5 Å². The fourth-order valence-corrected chi connectivity index (χ4v) is 6.42. The lowest BCUT2D eigenvalue weighted by Crippen LogP contribution is -2.41. The number of rotatable bonds is 9. The lowest BCUT2D eigenvalue weighted by Gasteiger charge is -2.36. The van der Waals surface area contributed by atoms with Gasteiger partial charge in [-0.05, 0) is 53.6 Å². The second-order valence-corrected chi connectivity index (χ2v) is 10.9. The van der Waals surface area contributed by atoms with Crippen LogP contribution < -0.4 is 5.32 Å². The molecule has 1 aliphatic heterocycles. The molecule has 0 aliphatic carbocycles. The summed E-state index contributed by atoms with van der Waals surface area (Å²) in [4.78, 5) is 25.7. The van der Waals surface area contributed by atoms with E-state index >= 15 is 0 Å². The number of aryl methyl sites for hydroxylation is 2. The first-order valence-electron chi connectivity index (χ1n) is 12.6. The lowest BCUT2D eigenvalue weighted by molar-refractivity contribution is -0.148. The summed E-state index contributed by atoms with van der Waals surface area (Å²) in [6, 6.07) is 20.9. The standard InChI is InChI=1S/C29H32N2O5S/c1-3-21-12-10-13-22(4-2)29(21)30-27(32)20-36-28(33)19-26-25-16-9-8-11-23(25)17-18-31(26)37(34,35)24-14-6-5-7-15-24/h5-16,26H,3-4,17-20H2,1-2H3,(H,30,32)/t26-/m1/s1. The van der Waals surface area contributed by atoms with Gasteiger partial charge in [0.2, 0.25) is 10.0 Å². The molecule has 3 aromatic rings. The first-order valence-corrected chi connectivity index (χ1v) is 14.0. The number of fused-ring (bicyclic) bond motifs is 1. The molecular formula is C29H32N2O5S. The molecule has 3 aromatic carbocycles. The molecule has 0 aromatic heterocycles. The minimum Gasteiger partial charge on any atom is -0.456 e. The molecule has 0 radical (unpaired) electrons. The molecule has 0 unspecified atom stereocenters. The van der Waals surface area contributed by atoms with Gasteiger partial charge >= 0.3 is 5.97 Å². The summed E-state index contributed by atoms with van der Waals surface area (Å²) in [5.41, 5.74) is 4.56. The highest BCUT2D eigenvalue weighted by atomic mass is 32.2. The Morgan fingerprint density at radius 3 is 2.24 bits per heavy atom. The van der Waals surface area contributed by atoms with Crippen LogP contribution in [0.25, 0.3) is 0 Å². The van der Waals surface area contributed by atoms with Gasteiger partial charge in [0.25, 0.3) is 5.91 Å². The molecule has 0 saturated heterocycles. The molecule has 1 heterocycles. The third kappa shape index (κ3) is 5.92. The Labute approximate surface area is 218 Å². The van der Waals surface area contributed by atoms with Gasteiger partial charge in [-0.1, -0.05) is 74.5 Å². The van der Waals surface area contributed by atoms with Crippen LogP contribution in [-0.2, 0) is 43.6 Å². The predicted octanol–water partition coefficient (Wildman–Crippen LogP) is 4.67. The molecule has 0 bridgehead atoms. The van der Waals surface area contributed by atoms with Crippen molar-refractivity contribution in [1.29, 1.82) is 0 Å². The first-order chi connectivity index (χ1) is 17.8. The highest BCUT2D eigenvalue weighted by molar-refractivity contribution is 7.89. The van der Waals surface area contributed by atoms with Gasteiger partial charge in [-0.25, -0.2) is 8.42 Å². The minimum atomic E-state index is -3.84. The van der Waals surface area contributed by atoms with Crippen molar-refractivity contribution in [2.24, 2.45) is 0 Å². The van der Waals surface area contributed by atoms with Crippen molar-refractivity contribution in [2.45, 2.75) is 50.5 Å². The monoisotopic (exact) mass is 520 g/mol. The molecule has 1 amide bonds. The Balaban J connectivity index is 1.49. The van der Waals surface area contributed by atoms with Gasteiger partial charge in [0.15, 0.2) is 6.61 Å². The van der Waals surface area contributed by atoms with Gasteiger partial charge in [-0.2, -0.15) is 4.31 Å². The zero-order valence-corrected chi connectivity index (χ0v) is 22.0. The summed E-state index contributed by atoms with van der Waals surface area (Å²) in [5.74, 6) is -1.06. The highest BCUT2D eigenvalue weighted by Crippen LogP contribution is 2.36. The van der Waals surface area contributed by atoms with Gasteiger partial charge in [0.1, 0.15) is 0 Å². The second kappa shape index (κ2) is 11.7. The number of carbonyl (C=O) groups is 2. The van der Waals surface area contributed by atoms with Crippen molar-refractivity contribution in [3.8, 4) is 0 Å². The van der Waals surface area contributed by atoms with Crippen LogP contribution in [0, 0.1) is 0 Å². The normalized spacial score (nSPS) is 15.6.